The number of hydrogen-bond donors (Lipinski definition) is 1. The lowest BCUT2D eigenvalue weighted by Crippen LogP contribution is -2.60. The molecule has 2 aliphatic heterocycles. The average Bonchev–Trinajstić information content (AvgIpc) is 2.68. The zero-order valence-electron chi connectivity index (χ0n) is 14.7. The van der Waals surface area contributed by atoms with Crippen LogP contribution in [0.4, 0.5) is 4.79 Å². The number of rotatable bonds is 3. The summed E-state index contributed by atoms with van der Waals surface area (Å²) in [4.78, 5) is 38.7. The molecular weight excluding hydrogens is 396 g/mol. The Morgan fingerprint density at radius 1 is 1.29 bits per heavy atom. The Hall–Kier alpha value is -1.02. The van der Waals surface area contributed by atoms with Crippen molar-refractivity contribution < 1.29 is 19.1 Å². The average molecular weight is 419 g/mol. The second kappa shape index (κ2) is 6.37. The third kappa shape index (κ3) is 3.79. The molecule has 0 aliphatic carbocycles. The van der Waals surface area contributed by atoms with Crippen molar-refractivity contribution in [3.05, 3.63) is 9.39 Å². The van der Waals surface area contributed by atoms with Crippen molar-refractivity contribution in [1.29, 1.82) is 0 Å². The van der Waals surface area contributed by atoms with E-state index in [0.717, 1.165) is 14.3 Å². The summed E-state index contributed by atoms with van der Waals surface area (Å²) in [5.74, 6) is -1.12. The molecule has 1 fully saturated rings. The summed E-state index contributed by atoms with van der Waals surface area (Å²) in [6, 6.07) is -0.472. The number of ether oxygens (including phenoxy) is 1. The Morgan fingerprint density at radius 3 is 2.42 bits per heavy atom. The van der Waals surface area contributed by atoms with Gasteiger partial charge < -0.3 is 10.1 Å². The van der Waals surface area contributed by atoms with Crippen molar-refractivity contribution in [2.24, 2.45) is 11.3 Å². The van der Waals surface area contributed by atoms with E-state index < -0.39 is 28.9 Å². The molecule has 3 amide bonds. The number of fused-ring (bicyclic) bond motifs is 1. The number of carbonyl (C=O) groups is 3. The van der Waals surface area contributed by atoms with Gasteiger partial charge in [-0.05, 0) is 63.0 Å². The van der Waals surface area contributed by atoms with Gasteiger partial charge in [-0.1, -0.05) is 11.8 Å². The van der Waals surface area contributed by atoms with Crippen LogP contribution in [0.5, 0.6) is 0 Å². The molecule has 2 atom stereocenters. The first-order chi connectivity index (χ1) is 10.8. The van der Waals surface area contributed by atoms with E-state index in [0.29, 0.717) is 0 Å². The van der Waals surface area contributed by atoms with Crippen LogP contribution in [0.25, 0.3) is 0 Å². The summed E-state index contributed by atoms with van der Waals surface area (Å²) in [6.45, 7) is 10.6. The van der Waals surface area contributed by atoms with Crippen LogP contribution >= 0.6 is 27.7 Å². The maximum atomic E-state index is 12.8. The standard InChI is InChI=1S/C16H23BrN2O4S/c1-8-9-11(24-10(8)17)18-14(22)19(12(9)20)7-16(5,6)13(21)23-15(2,3)4/h9,11H,7H2,1-6H3,(H,18,22). The fourth-order valence-electron chi connectivity index (χ4n) is 2.54. The molecule has 0 spiro atoms. The minimum atomic E-state index is -0.992. The van der Waals surface area contributed by atoms with Crippen molar-refractivity contribution in [1.82, 2.24) is 10.2 Å². The number of thioether (sulfide) groups is 1. The first-order valence-electron chi connectivity index (χ1n) is 7.72. The van der Waals surface area contributed by atoms with Crippen LogP contribution in [0, 0.1) is 11.3 Å². The molecule has 0 aromatic carbocycles. The van der Waals surface area contributed by atoms with E-state index in [2.05, 4.69) is 21.2 Å². The number of hydrogen-bond acceptors (Lipinski definition) is 5. The Bertz CT molecular complexity index is 624. The second-order valence-corrected chi connectivity index (χ2v) is 10.2. The number of nitrogens with zero attached hydrogens (tertiary/aromatic N) is 1. The fraction of sp³-hybridized carbons (Fsp3) is 0.688. The highest BCUT2D eigenvalue weighted by Crippen LogP contribution is 2.46. The predicted octanol–water partition coefficient (Wildman–Crippen LogP) is 3.22. The summed E-state index contributed by atoms with van der Waals surface area (Å²) in [5.41, 5.74) is -0.719. The molecule has 2 unspecified atom stereocenters. The molecule has 0 bridgehead atoms. The molecule has 2 aliphatic rings. The van der Waals surface area contributed by atoms with E-state index in [1.807, 2.05) is 6.92 Å². The molecule has 0 aromatic heterocycles. The van der Waals surface area contributed by atoms with Gasteiger partial charge in [-0.3, -0.25) is 14.5 Å². The number of urea groups is 1. The van der Waals surface area contributed by atoms with Crippen molar-refractivity contribution >= 4 is 45.6 Å². The van der Waals surface area contributed by atoms with Crippen LogP contribution in [-0.2, 0) is 14.3 Å². The second-order valence-electron chi connectivity index (χ2n) is 7.73. The zero-order valence-corrected chi connectivity index (χ0v) is 17.1. The van der Waals surface area contributed by atoms with Gasteiger partial charge in [0.1, 0.15) is 5.60 Å². The molecule has 6 nitrogen and oxygen atoms in total. The zero-order chi connectivity index (χ0) is 18.4. The van der Waals surface area contributed by atoms with Crippen LogP contribution < -0.4 is 5.32 Å². The Labute approximate surface area is 154 Å². The van der Waals surface area contributed by atoms with E-state index in [4.69, 9.17) is 4.74 Å². The number of imide groups is 1. The van der Waals surface area contributed by atoms with E-state index in [1.54, 1.807) is 34.6 Å². The predicted molar refractivity (Wildman–Crippen MR) is 96.4 cm³/mol. The third-order valence-electron chi connectivity index (χ3n) is 3.86. The SMILES string of the molecule is CC1=C(Br)SC2NC(=O)N(CC(C)(C)C(=O)OC(C)(C)C)C(=O)C12. The molecule has 2 rings (SSSR count). The lowest BCUT2D eigenvalue weighted by molar-refractivity contribution is -0.166. The Kier molecular flexibility index (Phi) is 5.12. The van der Waals surface area contributed by atoms with Crippen LogP contribution in [0.15, 0.2) is 9.39 Å². The highest BCUT2D eigenvalue weighted by atomic mass is 79.9. The summed E-state index contributed by atoms with van der Waals surface area (Å²) < 4.78 is 6.28. The molecular formula is C16H23BrN2O4S. The monoisotopic (exact) mass is 418 g/mol. The molecule has 0 saturated carbocycles. The van der Waals surface area contributed by atoms with Gasteiger partial charge in [-0.25, -0.2) is 4.79 Å². The normalized spacial score (nSPS) is 24.9. The van der Waals surface area contributed by atoms with Crippen LogP contribution in [0.3, 0.4) is 0 Å². The van der Waals surface area contributed by atoms with Crippen LogP contribution in [0.2, 0.25) is 0 Å². The van der Waals surface area contributed by atoms with Gasteiger partial charge >= 0.3 is 12.0 Å². The number of halogens is 1. The van der Waals surface area contributed by atoms with Crippen molar-refractivity contribution in [3.8, 4) is 0 Å². The Balaban J connectivity index is 2.18. The van der Waals surface area contributed by atoms with Gasteiger partial charge in [0.2, 0.25) is 5.91 Å². The number of carbonyl (C=O) groups excluding carboxylic acids is 3. The van der Waals surface area contributed by atoms with Gasteiger partial charge in [0.25, 0.3) is 0 Å². The maximum Gasteiger partial charge on any atom is 0.325 e. The molecule has 24 heavy (non-hydrogen) atoms. The smallest absolute Gasteiger partial charge is 0.325 e. The van der Waals surface area contributed by atoms with Crippen molar-refractivity contribution in [3.63, 3.8) is 0 Å². The molecule has 1 N–H and O–H groups in total. The summed E-state index contributed by atoms with van der Waals surface area (Å²) in [7, 11) is 0. The Morgan fingerprint density at radius 2 is 1.88 bits per heavy atom. The molecule has 8 heteroatoms. The number of nitrogens with one attached hydrogen (secondary N) is 1. The van der Waals surface area contributed by atoms with Gasteiger partial charge in [0.15, 0.2) is 0 Å². The van der Waals surface area contributed by atoms with Gasteiger partial charge in [0.05, 0.1) is 20.5 Å². The highest BCUT2D eigenvalue weighted by Gasteiger charge is 2.49. The number of amides is 3. The van der Waals surface area contributed by atoms with E-state index in [9.17, 15) is 14.4 Å². The first kappa shape index (κ1) is 19.3. The van der Waals surface area contributed by atoms with Crippen molar-refractivity contribution in [2.45, 2.75) is 52.5 Å². The van der Waals surface area contributed by atoms with Crippen molar-refractivity contribution in [2.75, 3.05) is 6.54 Å². The van der Waals surface area contributed by atoms with Crippen LogP contribution in [-0.4, -0.2) is 40.3 Å². The topological polar surface area (TPSA) is 75.7 Å². The third-order valence-corrected chi connectivity index (χ3v) is 6.22. The van der Waals surface area contributed by atoms with Gasteiger partial charge in [0, 0.05) is 6.54 Å². The molecule has 1 saturated heterocycles. The highest BCUT2D eigenvalue weighted by molar-refractivity contribution is 9.14. The van der Waals surface area contributed by atoms with Gasteiger partial charge in [-0.15, -0.1) is 0 Å². The van der Waals surface area contributed by atoms with E-state index in [-0.39, 0.29) is 17.8 Å². The number of esters is 1. The van der Waals surface area contributed by atoms with Gasteiger partial charge in [-0.2, -0.15) is 0 Å². The summed E-state index contributed by atoms with van der Waals surface area (Å²) in [5, 5.41) is 2.54. The summed E-state index contributed by atoms with van der Waals surface area (Å²) >= 11 is 4.85. The largest absolute Gasteiger partial charge is 0.460 e. The van der Waals surface area contributed by atoms with Crippen LogP contribution in [0.1, 0.15) is 41.5 Å². The minimum Gasteiger partial charge on any atom is -0.460 e. The quantitative estimate of drug-likeness (QED) is 0.711. The summed E-state index contributed by atoms with van der Waals surface area (Å²) in [6.07, 6.45) is 0. The van der Waals surface area contributed by atoms with E-state index >= 15 is 0 Å². The lowest BCUT2D eigenvalue weighted by Gasteiger charge is -2.38. The lowest BCUT2D eigenvalue weighted by atomic mass is 9.90. The van der Waals surface area contributed by atoms with E-state index in [1.165, 1.54) is 11.8 Å². The fourth-order valence-corrected chi connectivity index (χ4v) is 4.55. The molecule has 134 valence electrons. The maximum absolute atomic E-state index is 12.8. The minimum absolute atomic E-state index is 0.0225. The molecule has 2 heterocycles. The molecule has 0 radical (unpaired) electrons. The first-order valence-corrected chi connectivity index (χ1v) is 9.39. The molecule has 0 aromatic rings.